The van der Waals surface area contributed by atoms with Crippen LogP contribution in [0.25, 0.3) is 6.08 Å². The van der Waals surface area contributed by atoms with Crippen LogP contribution in [0.4, 0.5) is 11.4 Å². The first kappa shape index (κ1) is 31.0. The topological polar surface area (TPSA) is 130 Å². The number of amides is 4. The van der Waals surface area contributed by atoms with Crippen molar-refractivity contribution in [3.8, 4) is 0 Å². The Balaban J connectivity index is 1.37. The number of hydrogen-bond acceptors (Lipinski definition) is 6. The molecule has 8 nitrogen and oxygen atoms in total. The molecule has 4 aromatic carbocycles. The molecule has 0 fully saturated rings. The van der Waals surface area contributed by atoms with Gasteiger partial charge >= 0.3 is 0 Å². The number of nitrogens with one attached hydrogen (secondary N) is 3. The molecule has 0 aliphatic rings. The van der Waals surface area contributed by atoms with Crippen molar-refractivity contribution < 1.29 is 19.2 Å². The summed E-state index contributed by atoms with van der Waals surface area (Å²) >= 11 is 2.76. The summed E-state index contributed by atoms with van der Waals surface area (Å²) in [4.78, 5) is 52.6. The van der Waals surface area contributed by atoms with Crippen LogP contribution in [0.3, 0.4) is 0 Å². The molecular formula is C35H28N4O4S2. The number of para-hydroxylation sites is 1. The van der Waals surface area contributed by atoms with Crippen LogP contribution in [0.5, 0.6) is 0 Å². The number of benzene rings is 4. The Morgan fingerprint density at radius 2 is 1.49 bits per heavy atom. The lowest BCUT2D eigenvalue weighted by Crippen LogP contribution is -2.30. The number of thioether (sulfide) groups is 1. The third-order valence-electron chi connectivity index (χ3n) is 6.52. The smallest absolute Gasteiger partial charge is 0.272 e. The fourth-order valence-electron chi connectivity index (χ4n) is 4.35. The monoisotopic (exact) mass is 632 g/mol. The Morgan fingerprint density at radius 3 is 2.20 bits per heavy atom. The second-order valence-corrected chi connectivity index (χ2v) is 11.7. The minimum Gasteiger partial charge on any atom is -0.366 e. The highest BCUT2D eigenvalue weighted by Gasteiger charge is 2.24. The zero-order valence-corrected chi connectivity index (χ0v) is 25.4. The molecule has 1 heterocycles. The van der Waals surface area contributed by atoms with Crippen molar-refractivity contribution in [2.75, 3.05) is 10.6 Å². The van der Waals surface area contributed by atoms with Crippen molar-refractivity contribution in [1.82, 2.24) is 5.32 Å². The normalized spacial score (nSPS) is 11.7. The van der Waals surface area contributed by atoms with E-state index in [-0.39, 0.29) is 17.2 Å². The van der Waals surface area contributed by atoms with Crippen molar-refractivity contribution in [3.63, 3.8) is 0 Å². The number of rotatable bonds is 11. The largest absolute Gasteiger partial charge is 0.366 e. The van der Waals surface area contributed by atoms with E-state index in [0.29, 0.717) is 21.8 Å². The standard InChI is InChI=1S/C35H28N4O4S2/c36-32(40)28-16-7-8-17-29(28)38-35(43)31(24-10-3-1-4-11-24)45-27-15-9-14-26(21-27)37-34(42)30(20-23-18-19-44-22-23)39-33(41)25-12-5-2-6-13-25/h1-22,31H,(H2,36,40)(H,37,42)(H,38,43)(H,39,41)/b30-20+. The van der Waals surface area contributed by atoms with E-state index < -0.39 is 23.0 Å². The second-order valence-electron chi connectivity index (χ2n) is 9.72. The van der Waals surface area contributed by atoms with Gasteiger partial charge in [0, 0.05) is 16.1 Å². The Labute approximate surface area is 268 Å². The minimum atomic E-state index is -0.697. The molecule has 224 valence electrons. The van der Waals surface area contributed by atoms with Gasteiger partial charge < -0.3 is 21.7 Å². The predicted octanol–water partition coefficient (Wildman–Crippen LogP) is 6.73. The van der Waals surface area contributed by atoms with Crippen LogP contribution >= 0.6 is 23.1 Å². The Bertz CT molecular complexity index is 1840. The van der Waals surface area contributed by atoms with E-state index in [1.54, 1.807) is 72.8 Å². The van der Waals surface area contributed by atoms with E-state index in [1.807, 2.05) is 59.3 Å². The molecule has 45 heavy (non-hydrogen) atoms. The summed E-state index contributed by atoms with van der Waals surface area (Å²) in [6.07, 6.45) is 1.62. The zero-order valence-electron chi connectivity index (χ0n) is 23.8. The predicted molar refractivity (Wildman–Crippen MR) is 180 cm³/mol. The van der Waals surface area contributed by atoms with Crippen LogP contribution in [0, 0.1) is 0 Å². The highest BCUT2D eigenvalue weighted by atomic mass is 32.2. The average Bonchev–Trinajstić information content (AvgIpc) is 3.57. The third kappa shape index (κ3) is 8.35. The quantitative estimate of drug-likeness (QED) is 0.0948. The van der Waals surface area contributed by atoms with Crippen LogP contribution in [0.1, 0.15) is 37.1 Å². The van der Waals surface area contributed by atoms with Gasteiger partial charge in [0.2, 0.25) is 5.91 Å². The molecule has 5 N–H and O–H groups in total. The number of carbonyl (C=O) groups excluding carboxylic acids is 4. The van der Waals surface area contributed by atoms with Crippen LogP contribution in [0.15, 0.2) is 137 Å². The molecule has 5 rings (SSSR count). The zero-order chi connectivity index (χ0) is 31.6. The number of anilines is 2. The maximum atomic E-state index is 13.6. The molecule has 10 heteroatoms. The molecule has 0 aliphatic carbocycles. The van der Waals surface area contributed by atoms with Gasteiger partial charge in [-0.2, -0.15) is 11.3 Å². The van der Waals surface area contributed by atoms with E-state index in [1.165, 1.54) is 23.1 Å². The summed E-state index contributed by atoms with van der Waals surface area (Å²) in [5, 5.41) is 11.5. The van der Waals surface area contributed by atoms with Gasteiger partial charge in [-0.3, -0.25) is 19.2 Å². The van der Waals surface area contributed by atoms with Gasteiger partial charge in [-0.1, -0.05) is 66.7 Å². The number of thiophene rings is 1. The lowest BCUT2D eigenvalue weighted by atomic mass is 10.1. The molecule has 0 radical (unpaired) electrons. The van der Waals surface area contributed by atoms with E-state index in [9.17, 15) is 19.2 Å². The Morgan fingerprint density at radius 1 is 0.778 bits per heavy atom. The van der Waals surface area contributed by atoms with Crippen molar-refractivity contribution in [3.05, 3.63) is 154 Å². The summed E-state index contributed by atoms with van der Waals surface area (Å²) in [6, 6.07) is 33.4. The number of primary amides is 1. The van der Waals surface area contributed by atoms with E-state index in [4.69, 9.17) is 5.73 Å². The fourth-order valence-corrected chi connectivity index (χ4v) is 6.06. The summed E-state index contributed by atoms with van der Waals surface area (Å²) in [5.74, 6) is -1.91. The van der Waals surface area contributed by atoms with Gasteiger partial charge in [0.1, 0.15) is 10.9 Å². The molecule has 0 aliphatic heterocycles. The second kappa shape index (κ2) is 14.8. The SMILES string of the molecule is NC(=O)c1ccccc1NC(=O)C(Sc1cccc(NC(=O)/C(=C\c2ccsc2)NC(=O)c2ccccc2)c1)c1ccccc1. The van der Waals surface area contributed by atoms with Gasteiger partial charge in [0.25, 0.3) is 17.7 Å². The Kier molecular flexibility index (Phi) is 10.2. The minimum absolute atomic E-state index is 0.0787. The van der Waals surface area contributed by atoms with Crippen LogP contribution in [-0.4, -0.2) is 23.6 Å². The average molecular weight is 633 g/mol. The van der Waals surface area contributed by atoms with Crippen LogP contribution in [-0.2, 0) is 9.59 Å². The molecule has 4 amide bonds. The maximum Gasteiger partial charge on any atom is 0.272 e. The fraction of sp³-hybridized carbons (Fsp3) is 0.0286. The summed E-state index contributed by atoms with van der Waals surface area (Å²) < 4.78 is 0. The first-order valence-corrected chi connectivity index (χ1v) is 15.6. The summed E-state index contributed by atoms with van der Waals surface area (Å²) in [7, 11) is 0. The van der Waals surface area contributed by atoms with Gasteiger partial charge in [-0.05, 0) is 76.5 Å². The molecule has 0 bridgehead atoms. The summed E-state index contributed by atoms with van der Waals surface area (Å²) in [6.45, 7) is 0. The molecule has 1 atom stereocenters. The first-order valence-electron chi connectivity index (χ1n) is 13.8. The molecule has 1 unspecified atom stereocenters. The van der Waals surface area contributed by atoms with E-state index >= 15 is 0 Å². The third-order valence-corrected chi connectivity index (χ3v) is 8.47. The Hall–Kier alpha value is -5.45. The first-order chi connectivity index (χ1) is 21.9. The van der Waals surface area contributed by atoms with Crippen LogP contribution < -0.4 is 21.7 Å². The van der Waals surface area contributed by atoms with E-state index in [2.05, 4.69) is 16.0 Å². The van der Waals surface area contributed by atoms with Crippen molar-refractivity contribution in [2.24, 2.45) is 5.73 Å². The van der Waals surface area contributed by atoms with Crippen molar-refractivity contribution in [2.45, 2.75) is 10.1 Å². The number of carbonyl (C=O) groups is 4. The molecular weight excluding hydrogens is 605 g/mol. The van der Waals surface area contributed by atoms with Gasteiger partial charge in [-0.15, -0.1) is 11.8 Å². The molecule has 0 saturated carbocycles. The lowest BCUT2D eigenvalue weighted by molar-refractivity contribution is -0.116. The maximum absolute atomic E-state index is 13.6. The van der Waals surface area contributed by atoms with Gasteiger partial charge in [0.05, 0.1) is 11.3 Å². The highest BCUT2D eigenvalue weighted by molar-refractivity contribution is 8.00. The molecule has 1 aromatic heterocycles. The van der Waals surface area contributed by atoms with Gasteiger partial charge in [0.15, 0.2) is 0 Å². The van der Waals surface area contributed by atoms with E-state index in [0.717, 1.165) is 11.1 Å². The van der Waals surface area contributed by atoms with Gasteiger partial charge in [-0.25, -0.2) is 0 Å². The number of nitrogens with two attached hydrogens (primary N) is 1. The van der Waals surface area contributed by atoms with Crippen molar-refractivity contribution in [1.29, 1.82) is 0 Å². The number of hydrogen-bond donors (Lipinski definition) is 4. The molecule has 0 spiro atoms. The van der Waals surface area contributed by atoms with Crippen LogP contribution in [0.2, 0.25) is 0 Å². The van der Waals surface area contributed by atoms with Crippen molar-refractivity contribution >= 4 is 64.2 Å². The molecule has 5 aromatic rings. The highest BCUT2D eigenvalue weighted by Crippen LogP contribution is 2.37. The lowest BCUT2D eigenvalue weighted by Gasteiger charge is -2.18. The molecule has 0 saturated heterocycles. The summed E-state index contributed by atoms with van der Waals surface area (Å²) in [5.41, 5.74) is 8.54.